The van der Waals surface area contributed by atoms with Gasteiger partial charge in [-0.15, -0.1) is 0 Å². The number of rotatable bonds is 3. The molecule has 2 rings (SSSR count). The maximum Gasteiger partial charge on any atom is 0.416 e. The number of amides is 1. The summed E-state index contributed by atoms with van der Waals surface area (Å²) < 4.78 is 37.3. The molecule has 6 heteroatoms. The molecule has 0 aromatic heterocycles. The zero-order valence-electron chi connectivity index (χ0n) is 10.9. The SMILES string of the molecule is Nc1ccccc1NC(=O)Cc1ccc(C(F)(F)F)cc1. The van der Waals surface area contributed by atoms with E-state index in [4.69, 9.17) is 5.73 Å². The first kappa shape index (κ1) is 14.9. The molecule has 0 radical (unpaired) electrons. The fourth-order valence-electron chi connectivity index (χ4n) is 1.80. The number of nitrogens with one attached hydrogen (secondary N) is 1. The van der Waals surface area contributed by atoms with Gasteiger partial charge in [-0.1, -0.05) is 24.3 Å². The minimum Gasteiger partial charge on any atom is -0.397 e. The normalized spacial score (nSPS) is 11.2. The van der Waals surface area contributed by atoms with Gasteiger partial charge in [-0.2, -0.15) is 13.2 Å². The van der Waals surface area contributed by atoms with Gasteiger partial charge in [0, 0.05) is 0 Å². The molecule has 0 spiro atoms. The van der Waals surface area contributed by atoms with Crippen molar-refractivity contribution in [3.05, 3.63) is 59.7 Å². The molecule has 0 fully saturated rings. The van der Waals surface area contributed by atoms with Gasteiger partial charge in [0.15, 0.2) is 0 Å². The van der Waals surface area contributed by atoms with Crippen LogP contribution in [0.25, 0.3) is 0 Å². The average Bonchev–Trinajstić information content (AvgIpc) is 2.41. The van der Waals surface area contributed by atoms with Crippen LogP contribution in [0.3, 0.4) is 0 Å². The van der Waals surface area contributed by atoms with E-state index < -0.39 is 11.7 Å². The lowest BCUT2D eigenvalue weighted by Crippen LogP contribution is -2.15. The molecule has 0 aliphatic heterocycles. The largest absolute Gasteiger partial charge is 0.416 e. The van der Waals surface area contributed by atoms with Gasteiger partial charge in [-0.3, -0.25) is 4.79 Å². The zero-order valence-corrected chi connectivity index (χ0v) is 10.9. The summed E-state index contributed by atoms with van der Waals surface area (Å²) in [4.78, 5) is 11.8. The highest BCUT2D eigenvalue weighted by molar-refractivity contribution is 5.95. The first-order valence-electron chi connectivity index (χ1n) is 6.17. The molecule has 21 heavy (non-hydrogen) atoms. The van der Waals surface area contributed by atoms with Crippen molar-refractivity contribution in [3.8, 4) is 0 Å². The number of para-hydroxylation sites is 2. The second-order valence-corrected chi connectivity index (χ2v) is 4.51. The fourth-order valence-corrected chi connectivity index (χ4v) is 1.80. The third-order valence-corrected chi connectivity index (χ3v) is 2.88. The minimum absolute atomic E-state index is 0.0214. The molecule has 0 bridgehead atoms. The molecular formula is C15H13F3N2O. The minimum atomic E-state index is -4.38. The van der Waals surface area contributed by atoms with Crippen LogP contribution in [-0.4, -0.2) is 5.91 Å². The Morgan fingerprint density at radius 1 is 1.05 bits per heavy atom. The van der Waals surface area contributed by atoms with E-state index in [-0.39, 0.29) is 12.3 Å². The van der Waals surface area contributed by atoms with E-state index in [1.807, 2.05) is 0 Å². The highest BCUT2D eigenvalue weighted by Crippen LogP contribution is 2.29. The van der Waals surface area contributed by atoms with Crippen LogP contribution in [-0.2, 0) is 17.4 Å². The Bertz CT molecular complexity index is 636. The molecule has 1 amide bonds. The predicted octanol–water partition coefficient (Wildman–Crippen LogP) is 3.47. The number of alkyl halides is 3. The van der Waals surface area contributed by atoms with Gasteiger partial charge in [-0.05, 0) is 29.8 Å². The number of anilines is 2. The van der Waals surface area contributed by atoms with Crippen molar-refractivity contribution in [2.75, 3.05) is 11.1 Å². The van der Waals surface area contributed by atoms with Gasteiger partial charge in [0.2, 0.25) is 5.91 Å². The maximum atomic E-state index is 12.4. The molecule has 0 saturated carbocycles. The van der Waals surface area contributed by atoms with Crippen LogP contribution in [0.2, 0.25) is 0 Å². The van der Waals surface area contributed by atoms with Gasteiger partial charge < -0.3 is 11.1 Å². The standard InChI is InChI=1S/C15H13F3N2O/c16-15(17,18)11-7-5-10(6-8-11)9-14(21)20-13-4-2-1-3-12(13)19/h1-8H,9,19H2,(H,20,21). The van der Waals surface area contributed by atoms with Crippen molar-refractivity contribution in [1.82, 2.24) is 0 Å². The van der Waals surface area contributed by atoms with E-state index in [9.17, 15) is 18.0 Å². The van der Waals surface area contributed by atoms with Crippen molar-refractivity contribution < 1.29 is 18.0 Å². The number of halogens is 3. The fraction of sp³-hybridized carbons (Fsp3) is 0.133. The van der Waals surface area contributed by atoms with Crippen LogP contribution in [0.4, 0.5) is 24.5 Å². The van der Waals surface area contributed by atoms with E-state index in [1.165, 1.54) is 12.1 Å². The van der Waals surface area contributed by atoms with E-state index in [2.05, 4.69) is 5.32 Å². The highest BCUT2D eigenvalue weighted by atomic mass is 19.4. The van der Waals surface area contributed by atoms with Crippen molar-refractivity contribution >= 4 is 17.3 Å². The van der Waals surface area contributed by atoms with E-state index in [0.29, 0.717) is 16.9 Å². The average molecular weight is 294 g/mol. The number of carbonyl (C=O) groups is 1. The summed E-state index contributed by atoms with van der Waals surface area (Å²) in [5.41, 5.74) is 6.36. The molecule has 0 atom stereocenters. The summed E-state index contributed by atoms with van der Waals surface area (Å²) in [6, 6.07) is 11.3. The third-order valence-electron chi connectivity index (χ3n) is 2.88. The molecule has 110 valence electrons. The van der Waals surface area contributed by atoms with Crippen molar-refractivity contribution in [3.63, 3.8) is 0 Å². The third kappa shape index (κ3) is 3.98. The first-order valence-corrected chi connectivity index (χ1v) is 6.17. The lowest BCUT2D eigenvalue weighted by atomic mass is 10.1. The molecule has 3 N–H and O–H groups in total. The summed E-state index contributed by atoms with van der Waals surface area (Å²) >= 11 is 0. The number of nitrogens with two attached hydrogens (primary N) is 1. The monoisotopic (exact) mass is 294 g/mol. The van der Waals surface area contributed by atoms with Crippen LogP contribution in [0.1, 0.15) is 11.1 Å². The highest BCUT2D eigenvalue weighted by Gasteiger charge is 2.29. The summed E-state index contributed by atoms with van der Waals surface area (Å²) in [6.07, 6.45) is -4.40. The summed E-state index contributed by atoms with van der Waals surface area (Å²) in [6.45, 7) is 0. The number of nitrogen functional groups attached to an aromatic ring is 1. The van der Waals surface area contributed by atoms with Gasteiger partial charge in [0.1, 0.15) is 0 Å². The summed E-state index contributed by atoms with van der Waals surface area (Å²) in [7, 11) is 0. The summed E-state index contributed by atoms with van der Waals surface area (Å²) in [5.74, 6) is -0.340. The first-order chi connectivity index (χ1) is 9.86. The molecule has 0 aliphatic rings. The smallest absolute Gasteiger partial charge is 0.397 e. The Morgan fingerprint density at radius 2 is 1.67 bits per heavy atom. The second-order valence-electron chi connectivity index (χ2n) is 4.51. The molecular weight excluding hydrogens is 281 g/mol. The molecule has 0 heterocycles. The van der Waals surface area contributed by atoms with Crippen molar-refractivity contribution in [1.29, 1.82) is 0 Å². The van der Waals surface area contributed by atoms with Crippen molar-refractivity contribution in [2.24, 2.45) is 0 Å². The number of benzene rings is 2. The Morgan fingerprint density at radius 3 is 2.24 bits per heavy atom. The number of hydrogen-bond donors (Lipinski definition) is 2. The quantitative estimate of drug-likeness (QED) is 0.852. The summed E-state index contributed by atoms with van der Waals surface area (Å²) in [5, 5.41) is 2.62. The van der Waals surface area contributed by atoms with Gasteiger partial charge in [0.05, 0.1) is 23.4 Å². The number of carbonyl (C=O) groups excluding carboxylic acids is 1. The molecule has 0 aliphatic carbocycles. The Hall–Kier alpha value is -2.50. The number of hydrogen-bond acceptors (Lipinski definition) is 2. The lowest BCUT2D eigenvalue weighted by Gasteiger charge is -2.09. The van der Waals surface area contributed by atoms with Gasteiger partial charge in [-0.25, -0.2) is 0 Å². The lowest BCUT2D eigenvalue weighted by molar-refractivity contribution is -0.137. The molecule has 3 nitrogen and oxygen atoms in total. The molecule has 0 saturated heterocycles. The van der Waals surface area contributed by atoms with Crippen LogP contribution in [0, 0.1) is 0 Å². The van der Waals surface area contributed by atoms with E-state index in [1.54, 1.807) is 24.3 Å². The van der Waals surface area contributed by atoms with Crippen LogP contribution in [0.15, 0.2) is 48.5 Å². The predicted molar refractivity (Wildman–Crippen MR) is 74.6 cm³/mol. The second kappa shape index (κ2) is 5.87. The van der Waals surface area contributed by atoms with Crippen LogP contribution >= 0.6 is 0 Å². The van der Waals surface area contributed by atoms with Gasteiger partial charge >= 0.3 is 6.18 Å². The molecule has 0 unspecified atom stereocenters. The van der Waals surface area contributed by atoms with Gasteiger partial charge in [0.25, 0.3) is 0 Å². The Kier molecular flexibility index (Phi) is 4.16. The zero-order chi connectivity index (χ0) is 15.5. The molecule has 2 aromatic rings. The Labute approximate surface area is 119 Å². The van der Waals surface area contributed by atoms with Crippen molar-refractivity contribution in [2.45, 2.75) is 12.6 Å². The van der Waals surface area contributed by atoms with E-state index >= 15 is 0 Å². The maximum absolute atomic E-state index is 12.4. The van der Waals surface area contributed by atoms with E-state index in [0.717, 1.165) is 12.1 Å². The Balaban J connectivity index is 2.02. The topological polar surface area (TPSA) is 55.1 Å². The van der Waals surface area contributed by atoms with Crippen LogP contribution in [0.5, 0.6) is 0 Å². The molecule has 2 aromatic carbocycles. The van der Waals surface area contributed by atoms with Crippen LogP contribution < -0.4 is 11.1 Å².